The summed E-state index contributed by atoms with van der Waals surface area (Å²) in [5.74, 6) is 0. The van der Waals surface area contributed by atoms with E-state index in [1.807, 2.05) is 0 Å². The third-order valence-corrected chi connectivity index (χ3v) is 10.2. The van der Waals surface area contributed by atoms with Gasteiger partial charge in [-0.3, -0.25) is 0 Å². The second kappa shape index (κ2) is 5.19. The Morgan fingerprint density at radius 1 is 0.889 bits per heavy atom. The number of rotatable bonds is 0. The van der Waals surface area contributed by atoms with Crippen LogP contribution in [-0.2, 0) is 13.1 Å². The molecule has 0 spiro atoms. The SMILES string of the molecule is CN1Cc2ccccc2[Te](=S)c2ccccc2C1. The third-order valence-electron chi connectivity index (χ3n) is 3.23. The van der Waals surface area contributed by atoms with E-state index in [4.69, 9.17) is 9.34 Å². The fourth-order valence-corrected chi connectivity index (χ4v) is 8.51. The molecule has 0 amide bonds. The Hall–Kier alpha value is -0.590. The first-order valence-electron chi connectivity index (χ1n) is 6.02. The Bertz CT molecular complexity index is 557. The van der Waals surface area contributed by atoms with Gasteiger partial charge in [0.15, 0.2) is 0 Å². The first-order chi connectivity index (χ1) is 8.75. The zero-order chi connectivity index (χ0) is 12.5. The second-order valence-corrected chi connectivity index (χ2v) is 10.9. The summed E-state index contributed by atoms with van der Waals surface area (Å²) in [4.78, 5) is 2.37. The maximum atomic E-state index is 5.94. The molecule has 1 aliphatic rings. The van der Waals surface area contributed by atoms with E-state index in [9.17, 15) is 0 Å². The molecule has 0 N–H and O–H groups in total. The fraction of sp³-hybridized carbons (Fsp3) is 0.200. The molecular formula is C15H15NSTe. The number of fused-ring (bicyclic) bond motifs is 2. The van der Waals surface area contributed by atoms with Gasteiger partial charge in [0.1, 0.15) is 0 Å². The number of nitrogens with zero attached hydrogens (tertiary/aromatic N) is 1. The molecule has 0 atom stereocenters. The topological polar surface area (TPSA) is 3.24 Å². The molecule has 1 heterocycles. The standard InChI is InChI=1S/C15H15NSTe/c1-16-10-12-6-2-4-8-14(12)18(17)15-9-5-3-7-13(15)11-16/h2-9H,10-11H2,1H3. The van der Waals surface area contributed by atoms with E-state index in [1.165, 1.54) is 18.3 Å². The van der Waals surface area contributed by atoms with Gasteiger partial charge >= 0.3 is 119 Å². The number of benzene rings is 2. The maximum absolute atomic E-state index is 5.94. The molecule has 0 bridgehead atoms. The predicted octanol–water partition coefficient (Wildman–Crippen LogP) is 1.94. The van der Waals surface area contributed by atoms with Crippen LogP contribution in [0.15, 0.2) is 48.5 Å². The Morgan fingerprint density at radius 3 is 1.83 bits per heavy atom. The van der Waals surface area contributed by atoms with Crippen LogP contribution in [0.5, 0.6) is 0 Å². The molecule has 3 rings (SSSR count). The predicted molar refractivity (Wildman–Crippen MR) is 80.7 cm³/mol. The molecule has 1 nitrogen and oxygen atoms in total. The van der Waals surface area contributed by atoms with Gasteiger partial charge in [-0.25, -0.2) is 0 Å². The van der Waals surface area contributed by atoms with Gasteiger partial charge in [0.2, 0.25) is 0 Å². The van der Waals surface area contributed by atoms with Gasteiger partial charge in [0, 0.05) is 0 Å². The first kappa shape index (κ1) is 12.4. The average molecular weight is 369 g/mol. The van der Waals surface area contributed by atoms with Crippen LogP contribution in [0.3, 0.4) is 0 Å². The van der Waals surface area contributed by atoms with Crippen LogP contribution in [0.25, 0.3) is 0 Å². The van der Waals surface area contributed by atoms with Crippen molar-refractivity contribution in [3.63, 3.8) is 0 Å². The van der Waals surface area contributed by atoms with Crippen molar-refractivity contribution >= 4 is 34.2 Å². The normalized spacial score (nSPS) is 16.5. The van der Waals surface area contributed by atoms with Gasteiger partial charge < -0.3 is 0 Å². The van der Waals surface area contributed by atoms with E-state index in [0.717, 1.165) is 13.1 Å². The Balaban J connectivity index is 2.20. The van der Waals surface area contributed by atoms with E-state index in [-0.39, 0.29) is 0 Å². The summed E-state index contributed by atoms with van der Waals surface area (Å²) >= 11 is -1.77. The first-order valence-corrected chi connectivity index (χ1v) is 11.5. The van der Waals surface area contributed by atoms with Gasteiger partial charge in [-0.15, -0.1) is 0 Å². The van der Waals surface area contributed by atoms with E-state index in [1.54, 1.807) is 0 Å². The molecular weight excluding hydrogens is 354 g/mol. The van der Waals surface area contributed by atoms with Crippen molar-refractivity contribution in [3.05, 3.63) is 59.7 Å². The van der Waals surface area contributed by atoms with Crippen molar-refractivity contribution in [1.29, 1.82) is 0 Å². The van der Waals surface area contributed by atoms with Crippen LogP contribution in [-0.4, -0.2) is 29.6 Å². The molecule has 92 valence electrons. The molecule has 0 aliphatic carbocycles. The summed E-state index contributed by atoms with van der Waals surface area (Å²) in [6.45, 7) is 2.02. The molecule has 18 heavy (non-hydrogen) atoms. The number of hydrogen-bond donors (Lipinski definition) is 0. The molecule has 0 fully saturated rings. The van der Waals surface area contributed by atoms with Gasteiger partial charge in [-0.1, -0.05) is 0 Å². The molecule has 2 aromatic rings. The Kier molecular flexibility index (Phi) is 3.59. The van der Waals surface area contributed by atoms with Crippen LogP contribution in [0.2, 0.25) is 0 Å². The van der Waals surface area contributed by atoms with E-state index < -0.39 is 17.6 Å². The quantitative estimate of drug-likeness (QED) is 0.654. The Morgan fingerprint density at radius 2 is 1.33 bits per heavy atom. The van der Waals surface area contributed by atoms with Crippen LogP contribution >= 0.6 is 9.34 Å². The fourth-order valence-electron chi connectivity index (χ4n) is 2.39. The van der Waals surface area contributed by atoms with Crippen LogP contribution in [0.1, 0.15) is 11.1 Å². The van der Waals surface area contributed by atoms with E-state index in [0.29, 0.717) is 0 Å². The monoisotopic (exact) mass is 371 g/mol. The third kappa shape index (κ3) is 2.29. The minimum atomic E-state index is -1.77. The van der Waals surface area contributed by atoms with E-state index in [2.05, 4.69) is 60.5 Å². The van der Waals surface area contributed by atoms with Crippen LogP contribution < -0.4 is 7.22 Å². The zero-order valence-corrected chi connectivity index (χ0v) is 13.4. The van der Waals surface area contributed by atoms with Gasteiger partial charge in [-0.2, -0.15) is 0 Å². The Labute approximate surface area is 118 Å². The summed E-state index contributed by atoms with van der Waals surface area (Å²) in [6, 6.07) is 17.5. The molecule has 3 heteroatoms. The van der Waals surface area contributed by atoms with E-state index >= 15 is 0 Å². The van der Waals surface area contributed by atoms with Crippen molar-refractivity contribution in [1.82, 2.24) is 4.90 Å². The minimum absolute atomic E-state index is 1.01. The number of hydrogen-bond acceptors (Lipinski definition) is 2. The molecule has 0 saturated heterocycles. The van der Waals surface area contributed by atoms with Gasteiger partial charge in [0.25, 0.3) is 0 Å². The summed E-state index contributed by atoms with van der Waals surface area (Å²) in [7, 11) is 8.12. The molecule has 0 aromatic heterocycles. The molecule has 0 unspecified atom stereocenters. The van der Waals surface area contributed by atoms with Crippen molar-refractivity contribution in [3.8, 4) is 0 Å². The summed E-state index contributed by atoms with van der Waals surface area (Å²) in [6.07, 6.45) is 0. The van der Waals surface area contributed by atoms with Crippen LogP contribution in [0, 0.1) is 0 Å². The van der Waals surface area contributed by atoms with Gasteiger partial charge in [0.05, 0.1) is 0 Å². The second-order valence-electron chi connectivity index (χ2n) is 4.66. The molecule has 0 radical (unpaired) electrons. The van der Waals surface area contributed by atoms with Crippen molar-refractivity contribution < 1.29 is 0 Å². The molecule has 0 saturated carbocycles. The average Bonchev–Trinajstić information content (AvgIpc) is 2.38. The zero-order valence-electron chi connectivity index (χ0n) is 10.3. The van der Waals surface area contributed by atoms with Crippen molar-refractivity contribution in [2.45, 2.75) is 13.1 Å². The van der Waals surface area contributed by atoms with Crippen molar-refractivity contribution in [2.24, 2.45) is 0 Å². The van der Waals surface area contributed by atoms with Gasteiger partial charge in [-0.05, 0) is 0 Å². The summed E-state index contributed by atoms with van der Waals surface area (Å²) in [5.41, 5.74) is 2.86. The van der Waals surface area contributed by atoms with Crippen molar-refractivity contribution in [2.75, 3.05) is 7.05 Å². The molecule has 1 aliphatic heterocycles. The summed E-state index contributed by atoms with van der Waals surface area (Å²) in [5, 5.41) is 0. The molecule has 2 aromatic carbocycles. The summed E-state index contributed by atoms with van der Waals surface area (Å²) < 4.78 is 2.91. The van der Waals surface area contributed by atoms with Crippen LogP contribution in [0.4, 0.5) is 0 Å².